The zero-order valence-corrected chi connectivity index (χ0v) is 13.9. The summed E-state index contributed by atoms with van der Waals surface area (Å²) in [4.78, 5) is 19.5. The second-order valence-corrected chi connectivity index (χ2v) is 6.54. The largest absolute Gasteiger partial charge is 0.493 e. The standard InChI is InChI=1S/C18H21N3O3/c1-12-7-13(14-8-20-9-15(21-14)17(19)22)3-4-16(12)24-11-18(2)5-6-23-10-18/h3-4,7-9H,5-6,10-11H2,1-2H3,(H2,19,22). The first-order valence-corrected chi connectivity index (χ1v) is 7.90. The minimum atomic E-state index is -0.590. The smallest absolute Gasteiger partial charge is 0.268 e. The molecule has 6 heteroatoms. The zero-order chi connectivity index (χ0) is 17.2. The highest BCUT2D eigenvalue weighted by atomic mass is 16.5. The molecular formula is C18H21N3O3. The number of rotatable bonds is 5. The van der Waals surface area contributed by atoms with Crippen LogP contribution in [0.1, 0.15) is 29.4 Å². The van der Waals surface area contributed by atoms with E-state index in [0.29, 0.717) is 12.3 Å². The van der Waals surface area contributed by atoms with Crippen LogP contribution in [0.5, 0.6) is 5.75 Å². The van der Waals surface area contributed by atoms with E-state index < -0.39 is 5.91 Å². The minimum absolute atomic E-state index is 0.0758. The van der Waals surface area contributed by atoms with Crippen LogP contribution in [0.4, 0.5) is 0 Å². The van der Waals surface area contributed by atoms with Gasteiger partial charge < -0.3 is 15.2 Å². The van der Waals surface area contributed by atoms with E-state index >= 15 is 0 Å². The fourth-order valence-corrected chi connectivity index (χ4v) is 2.67. The van der Waals surface area contributed by atoms with Crippen LogP contribution in [-0.2, 0) is 4.74 Å². The van der Waals surface area contributed by atoms with E-state index in [0.717, 1.165) is 36.5 Å². The van der Waals surface area contributed by atoms with Crippen molar-refractivity contribution in [3.63, 3.8) is 0 Å². The van der Waals surface area contributed by atoms with Crippen LogP contribution in [0.25, 0.3) is 11.3 Å². The summed E-state index contributed by atoms with van der Waals surface area (Å²) >= 11 is 0. The van der Waals surface area contributed by atoms with Gasteiger partial charge in [-0.1, -0.05) is 6.92 Å². The van der Waals surface area contributed by atoms with Crippen LogP contribution in [0.2, 0.25) is 0 Å². The Morgan fingerprint density at radius 2 is 2.25 bits per heavy atom. The minimum Gasteiger partial charge on any atom is -0.493 e. The predicted octanol–water partition coefficient (Wildman–Crippen LogP) is 2.36. The number of hydrogen-bond donors (Lipinski definition) is 1. The Balaban J connectivity index is 1.77. The van der Waals surface area contributed by atoms with Gasteiger partial charge in [0, 0.05) is 17.6 Å². The number of hydrogen-bond acceptors (Lipinski definition) is 5. The molecule has 3 rings (SSSR count). The molecule has 6 nitrogen and oxygen atoms in total. The number of carbonyl (C=O) groups excluding carboxylic acids is 1. The Morgan fingerprint density at radius 3 is 2.92 bits per heavy atom. The van der Waals surface area contributed by atoms with Crippen molar-refractivity contribution >= 4 is 5.91 Å². The number of aryl methyl sites for hydroxylation is 1. The quantitative estimate of drug-likeness (QED) is 0.911. The van der Waals surface area contributed by atoms with Gasteiger partial charge in [-0.25, -0.2) is 4.98 Å². The Bertz CT molecular complexity index is 755. The molecule has 0 spiro atoms. The van der Waals surface area contributed by atoms with Crippen molar-refractivity contribution in [1.29, 1.82) is 0 Å². The van der Waals surface area contributed by atoms with Gasteiger partial charge in [-0.2, -0.15) is 0 Å². The number of carbonyl (C=O) groups is 1. The molecule has 1 unspecified atom stereocenters. The van der Waals surface area contributed by atoms with Crippen molar-refractivity contribution in [2.24, 2.45) is 11.1 Å². The fraction of sp³-hybridized carbons (Fsp3) is 0.389. The molecule has 1 amide bonds. The molecule has 1 atom stereocenters. The SMILES string of the molecule is Cc1cc(-c2cncc(C(N)=O)n2)ccc1OCC1(C)CCOC1. The number of amides is 1. The van der Waals surface area contributed by atoms with E-state index in [1.54, 1.807) is 6.20 Å². The van der Waals surface area contributed by atoms with Gasteiger partial charge in [0.15, 0.2) is 0 Å². The van der Waals surface area contributed by atoms with Gasteiger partial charge in [-0.3, -0.25) is 9.78 Å². The van der Waals surface area contributed by atoms with Gasteiger partial charge in [-0.05, 0) is 37.1 Å². The number of ether oxygens (including phenoxy) is 2. The molecule has 1 saturated heterocycles. The van der Waals surface area contributed by atoms with Crippen LogP contribution in [0, 0.1) is 12.3 Å². The summed E-state index contributed by atoms with van der Waals surface area (Å²) in [5.41, 5.74) is 7.96. The summed E-state index contributed by atoms with van der Waals surface area (Å²) in [6.07, 6.45) is 3.98. The average Bonchev–Trinajstić information content (AvgIpc) is 3.01. The maximum atomic E-state index is 11.2. The molecule has 2 heterocycles. The van der Waals surface area contributed by atoms with Gasteiger partial charge in [0.1, 0.15) is 11.4 Å². The summed E-state index contributed by atoms with van der Waals surface area (Å²) in [5, 5.41) is 0. The van der Waals surface area contributed by atoms with E-state index in [1.165, 1.54) is 6.20 Å². The third-order valence-electron chi connectivity index (χ3n) is 4.23. The second kappa shape index (κ2) is 6.57. The summed E-state index contributed by atoms with van der Waals surface area (Å²) in [5.74, 6) is 0.249. The van der Waals surface area contributed by atoms with Crippen molar-refractivity contribution in [1.82, 2.24) is 9.97 Å². The Hall–Kier alpha value is -2.47. The normalized spacial score (nSPS) is 20.1. The number of benzene rings is 1. The van der Waals surface area contributed by atoms with Crippen LogP contribution in [0.15, 0.2) is 30.6 Å². The molecular weight excluding hydrogens is 306 g/mol. The van der Waals surface area contributed by atoms with Crippen LogP contribution in [0.3, 0.4) is 0 Å². The van der Waals surface area contributed by atoms with Crippen molar-refractivity contribution < 1.29 is 14.3 Å². The molecule has 0 aliphatic carbocycles. The summed E-state index contributed by atoms with van der Waals surface area (Å²) < 4.78 is 11.4. The molecule has 2 aromatic rings. The lowest BCUT2D eigenvalue weighted by Crippen LogP contribution is -2.25. The molecule has 0 bridgehead atoms. The van der Waals surface area contributed by atoms with Crippen LogP contribution >= 0.6 is 0 Å². The van der Waals surface area contributed by atoms with E-state index in [9.17, 15) is 4.79 Å². The lowest BCUT2D eigenvalue weighted by Gasteiger charge is -2.22. The average molecular weight is 327 g/mol. The number of nitrogens with two attached hydrogens (primary N) is 1. The zero-order valence-electron chi connectivity index (χ0n) is 13.9. The van der Waals surface area contributed by atoms with Crippen molar-refractivity contribution in [3.8, 4) is 17.0 Å². The molecule has 0 radical (unpaired) electrons. The predicted molar refractivity (Wildman–Crippen MR) is 89.8 cm³/mol. The maximum Gasteiger partial charge on any atom is 0.268 e. The topological polar surface area (TPSA) is 87.3 Å². The van der Waals surface area contributed by atoms with Crippen LogP contribution in [-0.4, -0.2) is 35.7 Å². The summed E-state index contributed by atoms with van der Waals surface area (Å²) in [6, 6.07) is 5.80. The van der Waals surface area contributed by atoms with Crippen molar-refractivity contribution in [2.75, 3.05) is 19.8 Å². The first kappa shape index (κ1) is 16.4. The van der Waals surface area contributed by atoms with Gasteiger partial charge in [-0.15, -0.1) is 0 Å². The maximum absolute atomic E-state index is 11.2. The highest BCUT2D eigenvalue weighted by Gasteiger charge is 2.30. The Morgan fingerprint density at radius 1 is 1.42 bits per heavy atom. The first-order valence-electron chi connectivity index (χ1n) is 7.90. The van der Waals surface area contributed by atoms with E-state index in [4.69, 9.17) is 15.2 Å². The fourth-order valence-electron chi connectivity index (χ4n) is 2.67. The second-order valence-electron chi connectivity index (χ2n) is 6.54. The van der Waals surface area contributed by atoms with E-state index in [-0.39, 0.29) is 11.1 Å². The molecule has 1 aliphatic heterocycles. The number of nitrogens with zero attached hydrogens (tertiary/aromatic N) is 2. The van der Waals surface area contributed by atoms with Crippen molar-refractivity contribution in [3.05, 3.63) is 41.9 Å². The molecule has 24 heavy (non-hydrogen) atoms. The lowest BCUT2D eigenvalue weighted by atomic mass is 9.91. The number of aromatic nitrogens is 2. The van der Waals surface area contributed by atoms with Gasteiger partial charge in [0.05, 0.1) is 31.3 Å². The Kier molecular flexibility index (Phi) is 4.49. The van der Waals surface area contributed by atoms with Crippen LogP contribution < -0.4 is 10.5 Å². The first-order chi connectivity index (χ1) is 11.5. The Labute approximate surface area is 141 Å². The van der Waals surface area contributed by atoms with Gasteiger partial charge in [0.2, 0.25) is 0 Å². The summed E-state index contributed by atoms with van der Waals surface area (Å²) in [7, 11) is 0. The van der Waals surface area contributed by atoms with Crippen molar-refractivity contribution in [2.45, 2.75) is 20.3 Å². The van der Waals surface area contributed by atoms with E-state index in [1.807, 2.05) is 25.1 Å². The molecule has 1 aromatic carbocycles. The molecule has 1 fully saturated rings. The highest BCUT2D eigenvalue weighted by molar-refractivity contribution is 5.90. The monoisotopic (exact) mass is 327 g/mol. The van der Waals surface area contributed by atoms with Gasteiger partial charge >= 0.3 is 0 Å². The molecule has 0 saturated carbocycles. The van der Waals surface area contributed by atoms with Gasteiger partial charge in [0.25, 0.3) is 5.91 Å². The highest BCUT2D eigenvalue weighted by Crippen LogP contribution is 2.31. The molecule has 1 aromatic heterocycles. The molecule has 126 valence electrons. The molecule has 2 N–H and O–H groups in total. The number of primary amides is 1. The van der Waals surface area contributed by atoms with E-state index in [2.05, 4.69) is 16.9 Å². The molecule has 1 aliphatic rings. The third kappa shape index (κ3) is 3.54. The lowest BCUT2D eigenvalue weighted by molar-refractivity contribution is 0.0995. The summed E-state index contributed by atoms with van der Waals surface area (Å²) in [6.45, 7) is 6.32. The third-order valence-corrected chi connectivity index (χ3v) is 4.23.